The van der Waals surface area contributed by atoms with E-state index in [1.165, 1.54) is 6.07 Å². The average Bonchev–Trinajstić information content (AvgIpc) is 3.08. The molecule has 0 aromatic heterocycles. The summed E-state index contributed by atoms with van der Waals surface area (Å²) in [7, 11) is 0. The minimum absolute atomic E-state index is 0.109. The Morgan fingerprint density at radius 3 is 2.81 bits per heavy atom. The molecular weight excluding hydrogens is 365 g/mol. The Labute approximate surface area is 162 Å². The van der Waals surface area contributed by atoms with Gasteiger partial charge in [0.2, 0.25) is 0 Å². The van der Waals surface area contributed by atoms with E-state index < -0.39 is 0 Å². The van der Waals surface area contributed by atoms with Crippen molar-refractivity contribution in [1.82, 2.24) is 10.6 Å². The van der Waals surface area contributed by atoms with Crippen molar-refractivity contribution >= 4 is 29.4 Å². The highest BCUT2D eigenvalue weighted by Gasteiger charge is 2.22. The molecule has 5 nitrogen and oxygen atoms in total. The molecule has 2 aromatic carbocycles. The largest absolute Gasteiger partial charge is 0.351 e. The van der Waals surface area contributed by atoms with Gasteiger partial charge in [0, 0.05) is 42.4 Å². The van der Waals surface area contributed by atoms with E-state index in [-0.39, 0.29) is 17.8 Å². The standard InChI is InChI=1S/C20H22FN3O2S/c1-14-12-15(6-7-18(14)24-10-8-23-20(24)26)19(25)22-9-11-27-13-16-4-2-3-5-17(16)21/h2-7,12H,8-11,13H2,1H3,(H,22,25)(H,23,26). The molecule has 0 unspecified atom stereocenters. The fourth-order valence-corrected chi connectivity index (χ4v) is 3.78. The normalized spacial score (nSPS) is 13.6. The average molecular weight is 387 g/mol. The van der Waals surface area contributed by atoms with E-state index in [9.17, 15) is 14.0 Å². The van der Waals surface area contributed by atoms with Crippen LogP contribution >= 0.6 is 11.8 Å². The summed E-state index contributed by atoms with van der Waals surface area (Å²) >= 11 is 1.57. The van der Waals surface area contributed by atoms with E-state index in [4.69, 9.17) is 0 Å². The van der Waals surface area contributed by atoms with Crippen LogP contribution in [0.15, 0.2) is 42.5 Å². The number of hydrogen-bond acceptors (Lipinski definition) is 3. The Morgan fingerprint density at radius 2 is 2.11 bits per heavy atom. The van der Waals surface area contributed by atoms with E-state index in [0.717, 1.165) is 11.3 Å². The summed E-state index contributed by atoms with van der Waals surface area (Å²) in [6.07, 6.45) is 0. The maximum atomic E-state index is 13.5. The zero-order valence-corrected chi connectivity index (χ0v) is 15.9. The summed E-state index contributed by atoms with van der Waals surface area (Å²) in [5.74, 6) is 0.928. The third-order valence-corrected chi connectivity index (χ3v) is 5.36. The van der Waals surface area contributed by atoms with Gasteiger partial charge in [-0.15, -0.1) is 0 Å². The molecule has 1 aliphatic heterocycles. The lowest BCUT2D eigenvalue weighted by atomic mass is 10.1. The van der Waals surface area contributed by atoms with Crippen LogP contribution in [0.5, 0.6) is 0 Å². The van der Waals surface area contributed by atoms with E-state index >= 15 is 0 Å². The van der Waals surface area contributed by atoms with Gasteiger partial charge in [0.1, 0.15) is 5.82 Å². The molecule has 0 atom stereocenters. The van der Waals surface area contributed by atoms with Gasteiger partial charge >= 0.3 is 6.03 Å². The molecule has 0 saturated carbocycles. The van der Waals surface area contributed by atoms with Crippen molar-refractivity contribution in [3.63, 3.8) is 0 Å². The van der Waals surface area contributed by atoms with Crippen molar-refractivity contribution in [3.8, 4) is 0 Å². The predicted molar refractivity (Wildman–Crippen MR) is 107 cm³/mol. The number of carbonyl (C=O) groups excluding carboxylic acids is 2. The lowest BCUT2D eigenvalue weighted by molar-refractivity contribution is 0.0956. The zero-order chi connectivity index (χ0) is 19.2. The number of nitrogens with one attached hydrogen (secondary N) is 2. The predicted octanol–water partition coefficient (Wildman–Crippen LogP) is 3.33. The number of aryl methyl sites for hydroxylation is 1. The number of halogens is 1. The summed E-state index contributed by atoms with van der Waals surface area (Å²) in [6, 6.07) is 11.9. The Hall–Kier alpha value is -2.54. The number of urea groups is 1. The summed E-state index contributed by atoms with van der Waals surface area (Å²) in [6.45, 7) is 3.66. The molecule has 2 aromatic rings. The maximum Gasteiger partial charge on any atom is 0.322 e. The first-order valence-electron chi connectivity index (χ1n) is 8.81. The van der Waals surface area contributed by atoms with Crippen LogP contribution in [0.2, 0.25) is 0 Å². The Balaban J connectivity index is 1.47. The number of anilines is 1. The smallest absolute Gasteiger partial charge is 0.322 e. The second-order valence-electron chi connectivity index (χ2n) is 6.28. The van der Waals surface area contributed by atoms with Crippen molar-refractivity contribution in [2.24, 2.45) is 0 Å². The molecule has 1 fully saturated rings. The van der Waals surface area contributed by atoms with Gasteiger partial charge in [0.25, 0.3) is 5.91 Å². The Morgan fingerprint density at radius 1 is 1.30 bits per heavy atom. The Bertz CT molecular complexity index is 844. The fourth-order valence-electron chi connectivity index (χ4n) is 2.94. The third-order valence-electron chi connectivity index (χ3n) is 4.35. The molecule has 2 N–H and O–H groups in total. The van der Waals surface area contributed by atoms with Gasteiger partial charge in [0.05, 0.1) is 0 Å². The van der Waals surface area contributed by atoms with Crippen LogP contribution in [0.1, 0.15) is 21.5 Å². The number of nitrogens with zero attached hydrogens (tertiary/aromatic N) is 1. The molecule has 27 heavy (non-hydrogen) atoms. The first kappa shape index (κ1) is 19.2. The minimum atomic E-state index is -0.198. The van der Waals surface area contributed by atoms with Crippen LogP contribution in [0.25, 0.3) is 0 Å². The van der Waals surface area contributed by atoms with Gasteiger partial charge in [-0.3, -0.25) is 9.69 Å². The quantitative estimate of drug-likeness (QED) is 0.717. The number of carbonyl (C=O) groups is 2. The van der Waals surface area contributed by atoms with Crippen molar-refractivity contribution in [1.29, 1.82) is 0 Å². The lowest BCUT2D eigenvalue weighted by Gasteiger charge is -2.17. The van der Waals surface area contributed by atoms with Crippen molar-refractivity contribution < 1.29 is 14.0 Å². The third kappa shape index (κ3) is 4.80. The molecular formula is C20H22FN3O2S. The molecule has 7 heteroatoms. The summed E-state index contributed by atoms with van der Waals surface area (Å²) in [5.41, 5.74) is 2.94. The van der Waals surface area contributed by atoms with Crippen molar-refractivity contribution in [3.05, 3.63) is 65.0 Å². The SMILES string of the molecule is Cc1cc(C(=O)NCCSCc2ccccc2F)ccc1N1CCNC1=O. The zero-order valence-electron chi connectivity index (χ0n) is 15.1. The van der Waals surface area contributed by atoms with Gasteiger partial charge in [-0.2, -0.15) is 11.8 Å². The summed E-state index contributed by atoms with van der Waals surface area (Å²) in [5, 5.41) is 5.65. The molecule has 1 aliphatic rings. The topological polar surface area (TPSA) is 61.4 Å². The first-order chi connectivity index (χ1) is 13.1. The van der Waals surface area contributed by atoms with Crippen LogP contribution < -0.4 is 15.5 Å². The number of thioether (sulfide) groups is 1. The van der Waals surface area contributed by atoms with E-state index in [2.05, 4.69) is 10.6 Å². The van der Waals surface area contributed by atoms with Crippen LogP contribution in [0, 0.1) is 12.7 Å². The molecule has 1 heterocycles. The molecule has 1 saturated heterocycles. The van der Waals surface area contributed by atoms with Crippen LogP contribution in [-0.4, -0.2) is 37.3 Å². The van der Waals surface area contributed by atoms with Crippen LogP contribution in [0.3, 0.4) is 0 Å². The highest BCUT2D eigenvalue weighted by molar-refractivity contribution is 7.98. The highest BCUT2D eigenvalue weighted by atomic mass is 32.2. The van der Waals surface area contributed by atoms with Gasteiger partial charge in [-0.05, 0) is 42.3 Å². The second kappa shape index (κ2) is 8.90. The summed E-state index contributed by atoms with van der Waals surface area (Å²) in [4.78, 5) is 25.8. The lowest BCUT2D eigenvalue weighted by Crippen LogP contribution is -2.29. The van der Waals surface area contributed by atoms with Gasteiger partial charge in [-0.1, -0.05) is 18.2 Å². The molecule has 3 amide bonds. The monoisotopic (exact) mass is 387 g/mol. The van der Waals surface area contributed by atoms with E-state index in [1.807, 2.05) is 19.1 Å². The number of amides is 3. The first-order valence-corrected chi connectivity index (χ1v) is 9.97. The molecule has 3 rings (SSSR count). The van der Waals surface area contributed by atoms with E-state index in [1.54, 1.807) is 40.9 Å². The number of hydrogen-bond donors (Lipinski definition) is 2. The fraction of sp³-hybridized carbons (Fsp3) is 0.300. The van der Waals surface area contributed by atoms with Crippen molar-refractivity contribution in [2.45, 2.75) is 12.7 Å². The van der Waals surface area contributed by atoms with Gasteiger partial charge in [0.15, 0.2) is 0 Å². The molecule has 0 radical (unpaired) electrons. The molecule has 142 valence electrons. The van der Waals surface area contributed by atoms with Gasteiger partial charge in [-0.25, -0.2) is 9.18 Å². The Kier molecular flexibility index (Phi) is 6.34. The molecule has 0 aliphatic carbocycles. The molecule has 0 bridgehead atoms. The minimum Gasteiger partial charge on any atom is -0.351 e. The highest BCUT2D eigenvalue weighted by Crippen LogP contribution is 2.23. The number of rotatable bonds is 7. The van der Waals surface area contributed by atoms with Crippen LogP contribution in [0.4, 0.5) is 14.9 Å². The maximum absolute atomic E-state index is 13.5. The summed E-state index contributed by atoms with van der Waals surface area (Å²) < 4.78 is 13.5. The number of benzene rings is 2. The van der Waals surface area contributed by atoms with E-state index in [0.29, 0.717) is 42.3 Å². The van der Waals surface area contributed by atoms with Crippen molar-refractivity contribution in [2.75, 3.05) is 30.3 Å². The van der Waals surface area contributed by atoms with Crippen LogP contribution in [-0.2, 0) is 5.75 Å². The molecule has 0 spiro atoms. The van der Waals surface area contributed by atoms with Gasteiger partial charge < -0.3 is 10.6 Å². The second-order valence-corrected chi connectivity index (χ2v) is 7.39.